The molecule has 0 fully saturated rings. The Morgan fingerprint density at radius 1 is 1.60 bits per heavy atom. The maximum atomic E-state index is 11.5. The molecule has 0 rings (SSSR count). The largest absolute Gasteiger partial charge is 0.462 e. The molecule has 0 aromatic rings. The van der Waals surface area contributed by atoms with Gasteiger partial charge < -0.3 is 9.22 Å². The molecule has 0 amide bonds. The average Bonchev–Trinajstić information content (AvgIpc) is 2.17. The molecule has 0 aliphatic carbocycles. The zero-order chi connectivity index (χ0) is 11.9. The molecule has 1 atom stereocenters. The third kappa shape index (κ3) is 5.02. The topological polar surface area (TPSA) is 38.7 Å². The summed E-state index contributed by atoms with van der Waals surface area (Å²) in [7, 11) is 3.95. The van der Waals surface area contributed by atoms with Gasteiger partial charge in [0, 0.05) is 0 Å². The van der Waals surface area contributed by atoms with Gasteiger partial charge in [0.05, 0.1) is 39.0 Å². The second-order valence-corrected chi connectivity index (χ2v) is 4.09. The zero-order valence-electron chi connectivity index (χ0n) is 9.82. The van der Waals surface area contributed by atoms with Crippen molar-refractivity contribution in [1.82, 2.24) is 0 Å². The van der Waals surface area contributed by atoms with Gasteiger partial charge in [0.2, 0.25) is 0 Å². The summed E-state index contributed by atoms with van der Waals surface area (Å²) in [6.07, 6.45) is 0. The molecule has 0 N–H and O–H groups in total. The minimum Gasteiger partial charge on any atom is -0.462 e. The molecule has 0 aliphatic heterocycles. The maximum Gasteiger partial charge on any atom is 0.364 e. The highest BCUT2D eigenvalue weighted by Gasteiger charge is 2.31. The predicted molar refractivity (Wildman–Crippen MR) is 63.0 cm³/mol. The van der Waals surface area contributed by atoms with E-state index in [0.29, 0.717) is 17.6 Å². The summed E-state index contributed by atoms with van der Waals surface area (Å²) in [5, 5.41) is 2.32. The second kappa shape index (κ2) is 6.67. The van der Waals surface area contributed by atoms with Crippen LogP contribution in [-0.4, -0.2) is 55.4 Å². The highest BCUT2D eigenvalue weighted by molar-refractivity contribution is 7.78. The first kappa shape index (κ1) is 14.2. The third-order valence-electron chi connectivity index (χ3n) is 2.53. The van der Waals surface area contributed by atoms with Crippen LogP contribution in [0.4, 0.5) is 0 Å². The normalized spacial score (nSPS) is 12.8. The van der Waals surface area contributed by atoms with Crippen molar-refractivity contribution < 1.29 is 14.0 Å². The van der Waals surface area contributed by atoms with Crippen LogP contribution < -0.4 is 0 Å². The summed E-state index contributed by atoms with van der Waals surface area (Å²) in [6, 6.07) is -0.190. The number of nitrogens with zero attached hydrogens (tertiary/aromatic N) is 2. The molecule has 0 bridgehead atoms. The lowest BCUT2D eigenvalue weighted by atomic mass is 10.2. The van der Waals surface area contributed by atoms with E-state index >= 15 is 0 Å². The monoisotopic (exact) mass is 231 g/mol. The SMILES string of the molecule is CCOC(=O)C(C)[N+](C)(C)CCN=C=S. The van der Waals surface area contributed by atoms with Gasteiger partial charge in [-0.1, -0.05) is 0 Å². The smallest absolute Gasteiger partial charge is 0.364 e. The molecule has 1 unspecified atom stereocenters. The maximum absolute atomic E-state index is 11.5. The van der Waals surface area contributed by atoms with Crippen LogP contribution in [-0.2, 0) is 9.53 Å². The van der Waals surface area contributed by atoms with E-state index < -0.39 is 0 Å². The molecule has 0 heterocycles. The van der Waals surface area contributed by atoms with Crippen molar-refractivity contribution in [2.75, 3.05) is 33.8 Å². The highest BCUT2D eigenvalue weighted by atomic mass is 32.1. The minimum atomic E-state index is -0.190. The number of likely N-dealkylation sites (N-methyl/N-ethyl adjacent to an activating group) is 1. The predicted octanol–water partition coefficient (Wildman–Crippen LogP) is 1.12. The number of hydrogen-bond donors (Lipinski definition) is 0. The average molecular weight is 231 g/mol. The van der Waals surface area contributed by atoms with Gasteiger partial charge in [-0.2, -0.15) is 0 Å². The number of carbonyl (C=O) groups excluding carboxylic acids is 1. The molecule has 0 radical (unpaired) electrons. The lowest BCUT2D eigenvalue weighted by Crippen LogP contribution is -2.53. The van der Waals surface area contributed by atoms with E-state index in [1.54, 1.807) is 6.92 Å². The van der Waals surface area contributed by atoms with Crippen LogP contribution in [0.2, 0.25) is 0 Å². The minimum absolute atomic E-state index is 0.172. The highest BCUT2D eigenvalue weighted by Crippen LogP contribution is 2.07. The fraction of sp³-hybridized carbons (Fsp3) is 0.800. The van der Waals surface area contributed by atoms with Crippen LogP contribution in [0.5, 0.6) is 0 Å². The van der Waals surface area contributed by atoms with Crippen molar-refractivity contribution in [3.8, 4) is 0 Å². The number of ether oxygens (including phenoxy) is 1. The second-order valence-electron chi connectivity index (χ2n) is 3.90. The lowest BCUT2D eigenvalue weighted by Gasteiger charge is -2.33. The molecular formula is C10H19N2O2S+. The molecule has 0 saturated carbocycles. The summed E-state index contributed by atoms with van der Waals surface area (Å²) >= 11 is 4.48. The summed E-state index contributed by atoms with van der Waals surface area (Å²) in [5.41, 5.74) is 0. The number of quaternary nitrogens is 1. The molecule has 0 aliphatic rings. The zero-order valence-corrected chi connectivity index (χ0v) is 10.6. The van der Waals surface area contributed by atoms with Crippen molar-refractivity contribution in [2.45, 2.75) is 19.9 Å². The van der Waals surface area contributed by atoms with Crippen LogP contribution >= 0.6 is 12.2 Å². The molecule has 86 valence electrons. The Labute approximate surface area is 96.5 Å². The number of hydrogen-bond acceptors (Lipinski definition) is 4. The van der Waals surface area contributed by atoms with E-state index in [0.717, 1.165) is 6.54 Å². The number of thiocarbonyl (C=S) groups is 1. The molecule has 0 aromatic carbocycles. The summed E-state index contributed by atoms with van der Waals surface area (Å²) in [6.45, 7) is 5.41. The van der Waals surface area contributed by atoms with E-state index in [-0.39, 0.29) is 12.0 Å². The summed E-state index contributed by atoms with van der Waals surface area (Å²) < 4.78 is 5.52. The van der Waals surface area contributed by atoms with Crippen molar-refractivity contribution in [2.24, 2.45) is 4.99 Å². The van der Waals surface area contributed by atoms with Crippen molar-refractivity contribution in [3.63, 3.8) is 0 Å². The Balaban J connectivity index is 4.29. The quantitative estimate of drug-likeness (QED) is 0.297. The fourth-order valence-electron chi connectivity index (χ4n) is 1.10. The number of aliphatic imine (C=N–C) groups is 1. The third-order valence-corrected chi connectivity index (χ3v) is 2.66. The van der Waals surface area contributed by atoms with Gasteiger partial charge in [0.15, 0.2) is 6.04 Å². The van der Waals surface area contributed by atoms with E-state index in [4.69, 9.17) is 4.74 Å². The summed E-state index contributed by atoms with van der Waals surface area (Å²) in [5.74, 6) is -0.172. The molecule has 0 spiro atoms. The molecule has 0 saturated heterocycles. The molecule has 4 nitrogen and oxygen atoms in total. The van der Waals surface area contributed by atoms with Gasteiger partial charge in [0.1, 0.15) is 0 Å². The Kier molecular flexibility index (Phi) is 6.32. The first-order chi connectivity index (χ1) is 6.95. The number of carbonyl (C=O) groups is 1. The van der Waals surface area contributed by atoms with Crippen LogP contribution in [0.25, 0.3) is 0 Å². The number of isothiocyanates is 1. The summed E-state index contributed by atoms with van der Waals surface area (Å²) in [4.78, 5) is 15.4. The fourth-order valence-corrected chi connectivity index (χ4v) is 1.19. The van der Waals surface area contributed by atoms with Gasteiger partial charge in [-0.15, -0.1) is 0 Å². The van der Waals surface area contributed by atoms with Crippen LogP contribution in [0.15, 0.2) is 4.99 Å². The van der Waals surface area contributed by atoms with Gasteiger partial charge in [-0.3, -0.25) is 0 Å². The standard InChI is InChI=1S/C10H19N2O2S/c1-5-14-10(13)9(2)12(3,4)7-6-11-8-15/h9H,5-7H2,1-4H3/q+1. The van der Waals surface area contributed by atoms with Crippen molar-refractivity contribution in [1.29, 1.82) is 0 Å². The van der Waals surface area contributed by atoms with E-state index in [1.807, 2.05) is 21.0 Å². The Morgan fingerprint density at radius 3 is 2.67 bits per heavy atom. The molecule has 0 aromatic heterocycles. The Morgan fingerprint density at radius 2 is 2.20 bits per heavy atom. The van der Waals surface area contributed by atoms with Crippen molar-refractivity contribution >= 4 is 23.3 Å². The van der Waals surface area contributed by atoms with Crippen LogP contribution in [0, 0.1) is 0 Å². The van der Waals surface area contributed by atoms with Gasteiger partial charge >= 0.3 is 5.97 Å². The van der Waals surface area contributed by atoms with Crippen LogP contribution in [0.3, 0.4) is 0 Å². The number of esters is 1. The van der Waals surface area contributed by atoms with Gasteiger partial charge in [-0.25, -0.2) is 9.79 Å². The van der Waals surface area contributed by atoms with Gasteiger partial charge in [0.25, 0.3) is 0 Å². The first-order valence-electron chi connectivity index (χ1n) is 4.98. The Bertz CT molecular complexity index is 260. The van der Waals surface area contributed by atoms with Crippen molar-refractivity contribution in [3.05, 3.63) is 0 Å². The molecular weight excluding hydrogens is 212 g/mol. The van der Waals surface area contributed by atoms with Crippen LogP contribution in [0.1, 0.15) is 13.8 Å². The van der Waals surface area contributed by atoms with E-state index in [9.17, 15) is 4.79 Å². The van der Waals surface area contributed by atoms with Gasteiger partial charge in [-0.05, 0) is 26.1 Å². The number of rotatable bonds is 6. The van der Waals surface area contributed by atoms with E-state index in [2.05, 4.69) is 22.4 Å². The molecule has 15 heavy (non-hydrogen) atoms. The first-order valence-corrected chi connectivity index (χ1v) is 5.39. The molecule has 5 heteroatoms. The van der Waals surface area contributed by atoms with E-state index in [1.165, 1.54) is 0 Å². The lowest BCUT2D eigenvalue weighted by molar-refractivity contribution is -0.903. The Hall–Kier alpha value is -0.770.